The molecule has 0 fully saturated rings. The Labute approximate surface area is 187 Å². The molecule has 0 saturated heterocycles. The number of halogens is 1. The minimum atomic E-state index is -1.93. The molecule has 4 N–H and O–H groups in total. The molecule has 1 aromatic heterocycles. The van der Waals surface area contributed by atoms with Gasteiger partial charge in [-0.05, 0) is 36.2 Å². The number of nitrogens with one attached hydrogen (secondary N) is 1. The second-order valence-corrected chi connectivity index (χ2v) is 8.44. The van der Waals surface area contributed by atoms with Crippen LogP contribution in [-0.2, 0) is 23.4 Å². The number of aliphatic hydroxyl groups is 2. The van der Waals surface area contributed by atoms with Crippen LogP contribution in [0.15, 0.2) is 54.7 Å². The van der Waals surface area contributed by atoms with Crippen molar-refractivity contribution in [1.82, 2.24) is 4.57 Å². The molecule has 0 spiro atoms. The number of hydrogen-bond acceptors (Lipinski definition) is 4. The maximum atomic E-state index is 13.0. The second kappa shape index (κ2) is 10.2. The van der Waals surface area contributed by atoms with E-state index in [9.17, 15) is 19.2 Å². The van der Waals surface area contributed by atoms with E-state index in [-0.39, 0.29) is 18.2 Å². The number of hydrogen-bond donors (Lipinski definition) is 4. The lowest BCUT2D eigenvalue weighted by Gasteiger charge is -2.14. The van der Waals surface area contributed by atoms with E-state index in [4.69, 9.17) is 16.2 Å². The van der Waals surface area contributed by atoms with Crippen molar-refractivity contribution in [1.29, 1.82) is 0 Å². The van der Waals surface area contributed by atoms with Crippen LogP contribution in [-0.4, -0.2) is 42.2 Å². The molecule has 0 aliphatic carbocycles. The molecule has 9 heteroatoms. The summed E-state index contributed by atoms with van der Waals surface area (Å²) >= 11 is 4.45. The lowest BCUT2D eigenvalue weighted by molar-refractivity contribution is 0.0815. The number of nitrogens with zero attached hydrogens (tertiary/aromatic N) is 1. The summed E-state index contributed by atoms with van der Waals surface area (Å²) in [6, 6.07) is 13.9. The highest BCUT2D eigenvalue weighted by Crippen LogP contribution is 2.33. The number of anilines is 1. The Morgan fingerprint density at radius 3 is 2.48 bits per heavy atom. The molecule has 2 unspecified atom stereocenters. The van der Waals surface area contributed by atoms with Crippen molar-refractivity contribution in [2.24, 2.45) is 0 Å². The standard InChI is InChI=1S/C22H23ClN2O5S/c1-14-19(22(28)24-16-8-6-15(7-9-16)13-31(29)30)11-25(10-17(27)12-26)21(14)18-4-2-3-5-20(18)23/h2-9,11,17,26-27H,10,12-13H2,1H3,(H,24,28)(H,29,30). The first kappa shape index (κ1) is 23.2. The van der Waals surface area contributed by atoms with Crippen molar-refractivity contribution in [3.63, 3.8) is 0 Å². The van der Waals surface area contributed by atoms with E-state index in [1.54, 1.807) is 54.1 Å². The van der Waals surface area contributed by atoms with Gasteiger partial charge >= 0.3 is 0 Å². The maximum absolute atomic E-state index is 13.0. The zero-order valence-corrected chi connectivity index (χ0v) is 18.4. The lowest BCUT2D eigenvalue weighted by Crippen LogP contribution is -2.20. The molecule has 1 amide bonds. The topological polar surface area (TPSA) is 112 Å². The van der Waals surface area contributed by atoms with E-state index in [0.717, 1.165) is 0 Å². The fourth-order valence-corrected chi connectivity index (χ4v) is 4.06. The van der Waals surface area contributed by atoms with Crippen LogP contribution in [0.2, 0.25) is 5.02 Å². The number of carbonyl (C=O) groups is 1. The molecule has 164 valence electrons. The van der Waals surface area contributed by atoms with E-state index in [2.05, 4.69) is 5.32 Å². The summed E-state index contributed by atoms with van der Waals surface area (Å²) in [7, 11) is 0. The fraction of sp³-hybridized carbons (Fsp3) is 0.227. The van der Waals surface area contributed by atoms with Crippen molar-refractivity contribution < 1.29 is 23.8 Å². The molecule has 31 heavy (non-hydrogen) atoms. The van der Waals surface area contributed by atoms with Gasteiger partial charge in [0.1, 0.15) is 0 Å². The molecule has 2 aromatic carbocycles. The van der Waals surface area contributed by atoms with Crippen molar-refractivity contribution in [3.05, 3.63) is 76.4 Å². The Morgan fingerprint density at radius 1 is 1.19 bits per heavy atom. The second-order valence-electron chi connectivity index (χ2n) is 7.10. The Balaban J connectivity index is 1.93. The van der Waals surface area contributed by atoms with E-state index in [1.807, 2.05) is 12.1 Å². The fourth-order valence-electron chi connectivity index (χ4n) is 3.35. The lowest BCUT2D eigenvalue weighted by atomic mass is 10.1. The van der Waals surface area contributed by atoms with Crippen LogP contribution >= 0.6 is 11.6 Å². The molecule has 3 rings (SSSR count). The van der Waals surface area contributed by atoms with Crippen LogP contribution in [0, 0.1) is 6.92 Å². The predicted molar refractivity (Wildman–Crippen MR) is 122 cm³/mol. The average Bonchev–Trinajstić information content (AvgIpc) is 3.05. The molecule has 0 radical (unpaired) electrons. The number of aromatic nitrogens is 1. The number of rotatable bonds is 8. The highest BCUT2D eigenvalue weighted by molar-refractivity contribution is 7.78. The van der Waals surface area contributed by atoms with E-state index >= 15 is 0 Å². The Kier molecular flexibility index (Phi) is 7.64. The molecule has 0 aliphatic rings. The van der Waals surface area contributed by atoms with Gasteiger partial charge in [0.25, 0.3) is 5.91 Å². The molecule has 3 aromatic rings. The van der Waals surface area contributed by atoms with Gasteiger partial charge in [0.15, 0.2) is 11.1 Å². The van der Waals surface area contributed by atoms with Crippen molar-refractivity contribution >= 4 is 34.3 Å². The minimum Gasteiger partial charge on any atom is -0.394 e. The van der Waals surface area contributed by atoms with Gasteiger partial charge in [-0.25, -0.2) is 4.21 Å². The number of carbonyl (C=O) groups excluding carboxylic acids is 1. The highest BCUT2D eigenvalue weighted by atomic mass is 35.5. The van der Waals surface area contributed by atoms with Gasteiger partial charge in [0, 0.05) is 22.5 Å². The summed E-state index contributed by atoms with van der Waals surface area (Å²) in [6.07, 6.45) is 0.638. The van der Waals surface area contributed by atoms with Crippen LogP contribution in [0.5, 0.6) is 0 Å². The molecule has 0 bridgehead atoms. The summed E-state index contributed by atoms with van der Waals surface area (Å²) in [5.41, 5.74) is 3.71. The van der Waals surface area contributed by atoms with Gasteiger partial charge in [-0.3, -0.25) is 4.79 Å². The van der Waals surface area contributed by atoms with Crippen molar-refractivity contribution in [2.75, 3.05) is 11.9 Å². The number of aliphatic hydroxyl groups excluding tert-OH is 2. The van der Waals surface area contributed by atoms with Crippen molar-refractivity contribution in [3.8, 4) is 11.3 Å². The number of amides is 1. The summed E-state index contributed by atoms with van der Waals surface area (Å²) < 4.78 is 21.6. The van der Waals surface area contributed by atoms with Crippen LogP contribution in [0.1, 0.15) is 21.5 Å². The number of benzene rings is 2. The van der Waals surface area contributed by atoms with Gasteiger partial charge in [-0.1, -0.05) is 41.9 Å². The molecular formula is C22H23ClN2O5S. The third kappa shape index (κ3) is 5.61. The Bertz CT molecular complexity index is 1100. The SMILES string of the molecule is Cc1c(C(=O)Nc2ccc(CS(=O)O)cc2)cn(CC(O)CO)c1-c1ccccc1Cl. The third-order valence-corrected chi connectivity index (χ3v) is 5.73. The zero-order valence-electron chi connectivity index (χ0n) is 16.8. The molecular weight excluding hydrogens is 440 g/mol. The van der Waals surface area contributed by atoms with Gasteiger partial charge in [-0.2, -0.15) is 0 Å². The monoisotopic (exact) mass is 462 g/mol. The van der Waals surface area contributed by atoms with E-state index < -0.39 is 23.8 Å². The van der Waals surface area contributed by atoms with Crippen molar-refractivity contribution in [2.45, 2.75) is 25.3 Å². The van der Waals surface area contributed by atoms with Gasteiger partial charge in [0.2, 0.25) is 0 Å². The predicted octanol–water partition coefficient (Wildman–Crippen LogP) is 3.44. The zero-order chi connectivity index (χ0) is 22.5. The summed E-state index contributed by atoms with van der Waals surface area (Å²) in [5.74, 6) is -0.327. The summed E-state index contributed by atoms with van der Waals surface area (Å²) in [4.78, 5) is 13.0. The van der Waals surface area contributed by atoms with Crippen LogP contribution in [0.3, 0.4) is 0 Å². The molecule has 0 aliphatic heterocycles. The summed E-state index contributed by atoms with van der Waals surface area (Å²) in [5, 5.41) is 22.6. The minimum absolute atomic E-state index is 0.0184. The third-order valence-electron chi connectivity index (χ3n) is 4.83. The van der Waals surface area contributed by atoms with Crippen LogP contribution in [0.25, 0.3) is 11.3 Å². The molecule has 1 heterocycles. The largest absolute Gasteiger partial charge is 0.394 e. The smallest absolute Gasteiger partial charge is 0.257 e. The normalized spacial score (nSPS) is 13.1. The first-order valence-electron chi connectivity index (χ1n) is 9.51. The van der Waals surface area contributed by atoms with Gasteiger partial charge < -0.3 is 24.6 Å². The van der Waals surface area contributed by atoms with Gasteiger partial charge in [0.05, 0.1) is 36.3 Å². The van der Waals surface area contributed by atoms with Crippen LogP contribution < -0.4 is 5.32 Å². The Morgan fingerprint density at radius 2 is 1.87 bits per heavy atom. The molecule has 2 atom stereocenters. The molecule has 0 saturated carbocycles. The average molecular weight is 463 g/mol. The maximum Gasteiger partial charge on any atom is 0.257 e. The first-order chi connectivity index (χ1) is 14.8. The summed E-state index contributed by atoms with van der Waals surface area (Å²) in [6.45, 7) is 1.49. The van der Waals surface area contributed by atoms with Crippen LogP contribution in [0.4, 0.5) is 5.69 Å². The highest BCUT2D eigenvalue weighted by Gasteiger charge is 2.22. The van der Waals surface area contributed by atoms with Gasteiger partial charge in [-0.15, -0.1) is 0 Å². The quantitative estimate of drug-likeness (QED) is 0.383. The van der Waals surface area contributed by atoms with E-state index in [0.29, 0.717) is 38.7 Å². The van der Waals surface area contributed by atoms with E-state index in [1.165, 1.54) is 0 Å². The first-order valence-corrected chi connectivity index (χ1v) is 11.2. The molecule has 7 nitrogen and oxygen atoms in total. The Hall–Kier alpha value is -2.49.